The fourth-order valence-electron chi connectivity index (χ4n) is 4.13. The largest absolute Gasteiger partial charge is 0.480 e. The lowest BCUT2D eigenvalue weighted by atomic mass is 9.67. The fourth-order valence-corrected chi connectivity index (χ4v) is 4.13. The molecule has 0 aromatic rings. The lowest BCUT2D eigenvalue weighted by Gasteiger charge is -2.39. The van der Waals surface area contributed by atoms with E-state index in [2.05, 4.69) is 26.1 Å². The van der Waals surface area contributed by atoms with Crippen LogP contribution < -0.4 is 5.32 Å². The Labute approximate surface area is 145 Å². The van der Waals surface area contributed by atoms with Crippen molar-refractivity contribution in [2.75, 3.05) is 13.2 Å². The van der Waals surface area contributed by atoms with Gasteiger partial charge >= 0.3 is 5.97 Å². The molecule has 2 fully saturated rings. The number of rotatable bonds is 6. The maximum absolute atomic E-state index is 12.4. The standard InChI is InChI=1S/C19H33NO4/c1-4-18(2,3)15-7-5-14(6-8-15)13-16(21)20-19(17(22)23)9-11-24-12-10-19/h14-15H,4-13H2,1-3H3,(H,20,21)(H,22,23). The smallest absolute Gasteiger partial charge is 0.329 e. The van der Waals surface area contributed by atoms with Crippen LogP contribution in [0, 0.1) is 17.3 Å². The monoisotopic (exact) mass is 339 g/mol. The summed E-state index contributed by atoms with van der Waals surface area (Å²) in [4.78, 5) is 24.0. The van der Waals surface area contributed by atoms with Crippen LogP contribution in [0.15, 0.2) is 0 Å². The Morgan fingerprint density at radius 1 is 1.17 bits per heavy atom. The first-order chi connectivity index (χ1) is 11.3. The Morgan fingerprint density at radius 3 is 2.25 bits per heavy atom. The number of ether oxygens (including phenoxy) is 1. The number of hydrogen-bond donors (Lipinski definition) is 2. The van der Waals surface area contributed by atoms with Crippen LogP contribution in [-0.4, -0.2) is 35.7 Å². The van der Waals surface area contributed by atoms with Crippen molar-refractivity contribution in [1.82, 2.24) is 5.32 Å². The van der Waals surface area contributed by atoms with Crippen molar-refractivity contribution in [3.05, 3.63) is 0 Å². The van der Waals surface area contributed by atoms with Crippen LogP contribution in [0.3, 0.4) is 0 Å². The Balaban J connectivity index is 1.84. The molecule has 138 valence electrons. The van der Waals surface area contributed by atoms with E-state index < -0.39 is 11.5 Å². The molecule has 1 aliphatic carbocycles. The van der Waals surface area contributed by atoms with Gasteiger partial charge in [0.1, 0.15) is 5.54 Å². The molecule has 1 heterocycles. The van der Waals surface area contributed by atoms with Gasteiger partial charge in [-0.2, -0.15) is 0 Å². The Morgan fingerprint density at radius 2 is 1.75 bits per heavy atom. The summed E-state index contributed by atoms with van der Waals surface area (Å²) in [6.07, 6.45) is 6.85. The van der Waals surface area contributed by atoms with E-state index in [1.807, 2.05) is 0 Å². The van der Waals surface area contributed by atoms with Crippen molar-refractivity contribution >= 4 is 11.9 Å². The molecule has 2 rings (SSSR count). The van der Waals surface area contributed by atoms with Gasteiger partial charge in [-0.05, 0) is 42.9 Å². The maximum Gasteiger partial charge on any atom is 0.329 e. The summed E-state index contributed by atoms with van der Waals surface area (Å²) in [5.41, 5.74) is -0.751. The van der Waals surface area contributed by atoms with Crippen LogP contribution in [0.4, 0.5) is 0 Å². The number of hydrogen-bond acceptors (Lipinski definition) is 3. The molecule has 5 heteroatoms. The molecule has 1 aliphatic heterocycles. The molecule has 0 spiro atoms. The lowest BCUT2D eigenvalue weighted by molar-refractivity contribution is -0.152. The van der Waals surface area contributed by atoms with Gasteiger partial charge in [0.25, 0.3) is 0 Å². The summed E-state index contributed by atoms with van der Waals surface area (Å²) >= 11 is 0. The summed E-state index contributed by atoms with van der Waals surface area (Å²) in [5, 5.41) is 12.3. The zero-order chi connectivity index (χ0) is 17.8. The molecular weight excluding hydrogens is 306 g/mol. The van der Waals surface area contributed by atoms with E-state index in [1.54, 1.807) is 0 Å². The minimum atomic E-state index is -1.13. The molecule has 1 saturated heterocycles. The number of carboxylic acid groups (broad SMARTS) is 1. The van der Waals surface area contributed by atoms with Gasteiger partial charge in [0.15, 0.2) is 0 Å². The molecule has 0 radical (unpaired) electrons. The number of carbonyl (C=O) groups excluding carboxylic acids is 1. The first-order valence-corrected chi connectivity index (χ1v) is 9.41. The van der Waals surface area contributed by atoms with Crippen molar-refractivity contribution in [1.29, 1.82) is 0 Å². The van der Waals surface area contributed by atoms with Gasteiger partial charge in [-0.15, -0.1) is 0 Å². The fraction of sp³-hybridized carbons (Fsp3) is 0.895. The van der Waals surface area contributed by atoms with E-state index in [4.69, 9.17) is 4.74 Å². The zero-order valence-corrected chi connectivity index (χ0v) is 15.4. The van der Waals surface area contributed by atoms with Crippen LogP contribution in [0.2, 0.25) is 0 Å². The van der Waals surface area contributed by atoms with E-state index in [9.17, 15) is 14.7 Å². The van der Waals surface area contributed by atoms with Crippen LogP contribution in [0.25, 0.3) is 0 Å². The second kappa shape index (κ2) is 7.85. The third-order valence-electron chi connectivity index (χ3n) is 6.47. The van der Waals surface area contributed by atoms with Gasteiger partial charge in [-0.3, -0.25) is 4.79 Å². The minimum Gasteiger partial charge on any atom is -0.480 e. The highest BCUT2D eigenvalue weighted by molar-refractivity contribution is 5.87. The van der Waals surface area contributed by atoms with Gasteiger partial charge in [-0.25, -0.2) is 4.79 Å². The summed E-state index contributed by atoms with van der Waals surface area (Å²) in [6, 6.07) is 0. The van der Waals surface area contributed by atoms with Crippen LogP contribution >= 0.6 is 0 Å². The second-order valence-electron chi connectivity index (χ2n) is 8.31. The molecule has 2 N–H and O–H groups in total. The number of amides is 1. The molecule has 0 atom stereocenters. The number of nitrogens with one attached hydrogen (secondary N) is 1. The highest BCUT2D eigenvalue weighted by Gasteiger charge is 2.42. The van der Waals surface area contributed by atoms with Crippen LogP contribution in [-0.2, 0) is 14.3 Å². The van der Waals surface area contributed by atoms with Gasteiger partial charge in [-0.1, -0.05) is 27.2 Å². The quantitative estimate of drug-likeness (QED) is 0.778. The first kappa shape index (κ1) is 19.2. The average Bonchev–Trinajstić information content (AvgIpc) is 2.56. The number of aliphatic carboxylic acids is 1. The molecule has 0 aromatic carbocycles. The summed E-state index contributed by atoms with van der Waals surface area (Å²) in [6.45, 7) is 7.71. The van der Waals surface area contributed by atoms with Crippen LogP contribution in [0.5, 0.6) is 0 Å². The Bertz CT molecular complexity index is 446. The van der Waals surface area contributed by atoms with Crippen molar-refractivity contribution in [2.24, 2.45) is 17.3 Å². The van der Waals surface area contributed by atoms with Crippen molar-refractivity contribution in [3.63, 3.8) is 0 Å². The summed E-state index contributed by atoms with van der Waals surface area (Å²) < 4.78 is 5.25. The third kappa shape index (κ3) is 4.50. The van der Waals surface area contributed by atoms with Crippen molar-refractivity contribution in [2.45, 2.75) is 77.7 Å². The van der Waals surface area contributed by atoms with E-state index in [0.717, 1.165) is 18.8 Å². The number of carbonyl (C=O) groups is 2. The summed E-state index contributed by atoms with van der Waals surface area (Å²) in [7, 11) is 0. The van der Waals surface area contributed by atoms with Crippen LogP contribution in [0.1, 0.15) is 72.1 Å². The molecular formula is C19H33NO4. The minimum absolute atomic E-state index is 0.113. The average molecular weight is 339 g/mol. The van der Waals surface area contributed by atoms with E-state index in [-0.39, 0.29) is 5.91 Å². The Kier molecular flexibility index (Phi) is 6.29. The molecule has 2 aliphatic rings. The molecule has 0 bridgehead atoms. The molecule has 24 heavy (non-hydrogen) atoms. The molecule has 0 unspecified atom stereocenters. The summed E-state index contributed by atoms with van der Waals surface area (Å²) in [5.74, 6) is 0.0762. The molecule has 0 aromatic heterocycles. The van der Waals surface area contributed by atoms with Gasteiger partial charge in [0.05, 0.1) is 0 Å². The predicted octanol–water partition coefficient (Wildman–Crippen LogP) is 3.37. The Hall–Kier alpha value is -1.10. The van der Waals surface area contributed by atoms with E-state index in [1.165, 1.54) is 19.3 Å². The SMILES string of the molecule is CCC(C)(C)C1CCC(CC(=O)NC2(C(=O)O)CCOCC2)CC1. The maximum atomic E-state index is 12.4. The van der Waals surface area contributed by atoms with Gasteiger partial charge in [0, 0.05) is 32.5 Å². The highest BCUT2D eigenvalue weighted by atomic mass is 16.5. The number of carboxylic acids is 1. The molecule has 1 saturated carbocycles. The van der Waals surface area contributed by atoms with E-state index in [0.29, 0.717) is 43.8 Å². The lowest BCUT2D eigenvalue weighted by Crippen LogP contribution is -2.57. The third-order valence-corrected chi connectivity index (χ3v) is 6.47. The normalized spacial score (nSPS) is 27.5. The van der Waals surface area contributed by atoms with E-state index >= 15 is 0 Å². The molecule has 5 nitrogen and oxygen atoms in total. The van der Waals surface area contributed by atoms with Crippen molar-refractivity contribution < 1.29 is 19.4 Å². The van der Waals surface area contributed by atoms with Crippen molar-refractivity contribution in [3.8, 4) is 0 Å². The topological polar surface area (TPSA) is 75.6 Å². The molecule has 1 amide bonds. The second-order valence-corrected chi connectivity index (χ2v) is 8.31. The first-order valence-electron chi connectivity index (χ1n) is 9.41. The van der Waals surface area contributed by atoms with Gasteiger partial charge < -0.3 is 15.2 Å². The predicted molar refractivity (Wildman–Crippen MR) is 92.7 cm³/mol. The zero-order valence-electron chi connectivity index (χ0n) is 15.4. The van der Waals surface area contributed by atoms with Gasteiger partial charge in [0.2, 0.25) is 5.91 Å². The highest BCUT2D eigenvalue weighted by Crippen LogP contribution is 2.42.